The SMILES string of the molecule is Cc1ccc(C(CC2(F)CC(C)c3ccccc32)c2ccc(C#N)cc2)cc1. The fourth-order valence-electron chi connectivity index (χ4n) is 4.57. The first-order valence-electron chi connectivity index (χ1n) is 9.85. The van der Waals surface area contributed by atoms with Gasteiger partial charge in [0.1, 0.15) is 5.67 Å². The highest BCUT2D eigenvalue weighted by Gasteiger charge is 2.44. The number of fused-ring (bicyclic) bond motifs is 1. The number of nitrogens with zero attached hydrogens (tertiary/aromatic N) is 1. The van der Waals surface area contributed by atoms with E-state index in [0.717, 1.165) is 22.3 Å². The number of benzene rings is 3. The molecule has 1 aliphatic rings. The molecule has 1 aliphatic carbocycles. The summed E-state index contributed by atoms with van der Waals surface area (Å²) in [5, 5.41) is 9.11. The minimum absolute atomic E-state index is 0.0586. The van der Waals surface area contributed by atoms with E-state index in [1.807, 2.05) is 42.5 Å². The van der Waals surface area contributed by atoms with Crippen molar-refractivity contribution in [2.45, 2.75) is 44.2 Å². The van der Waals surface area contributed by atoms with Crippen molar-refractivity contribution in [3.63, 3.8) is 0 Å². The number of hydrogen-bond acceptors (Lipinski definition) is 1. The van der Waals surface area contributed by atoms with Crippen LogP contribution in [0.2, 0.25) is 0 Å². The van der Waals surface area contributed by atoms with Crippen LogP contribution in [0.3, 0.4) is 0 Å². The van der Waals surface area contributed by atoms with Gasteiger partial charge in [-0.1, -0.05) is 73.2 Å². The Morgan fingerprint density at radius 1 is 1.00 bits per heavy atom. The predicted octanol–water partition coefficient (Wildman–Crippen LogP) is 6.76. The molecule has 0 fully saturated rings. The smallest absolute Gasteiger partial charge is 0.137 e. The van der Waals surface area contributed by atoms with Crippen molar-refractivity contribution in [1.29, 1.82) is 5.26 Å². The number of nitriles is 1. The molecule has 1 nitrogen and oxygen atoms in total. The van der Waals surface area contributed by atoms with Crippen LogP contribution in [-0.4, -0.2) is 0 Å². The van der Waals surface area contributed by atoms with E-state index >= 15 is 4.39 Å². The van der Waals surface area contributed by atoms with E-state index in [1.54, 1.807) is 0 Å². The van der Waals surface area contributed by atoms with Crippen molar-refractivity contribution in [3.05, 3.63) is 106 Å². The molecule has 2 heteroatoms. The lowest BCUT2D eigenvalue weighted by molar-refractivity contribution is 0.139. The summed E-state index contributed by atoms with van der Waals surface area (Å²) in [4.78, 5) is 0. The molecular formula is C26H24FN. The minimum atomic E-state index is -1.35. The van der Waals surface area contributed by atoms with Crippen LogP contribution in [0.5, 0.6) is 0 Å². The van der Waals surface area contributed by atoms with Gasteiger partial charge >= 0.3 is 0 Å². The van der Waals surface area contributed by atoms with Crippen LogP contribution in [0, 0.1) is 18.3 Å². The molecule has 0 radical (unpaired) electrons. The first kappa shape index (κ1) is 18.4. The molecule has 3 atom stereocenters. The molecule has 3 aromatic carbocycles. The lowest BCUT2D eigenvalue weighted by Gasteiger charge is -2.28. The van der Waals surface area contributed by atoms with Gasteiger partial charge in [-0.2, -0.15) is 5.26 Å². The van der Waals surface area contributed by atoms with Crippen LogP contribution >= 0.6 is 0 Å². The number of alkyl halides is 1. The number of halogens is 1. The normalized spacial score (nSPS) is 21.7. The number of hydrogen-bond donors (Lipinski definition) is 0. The van der Waals surface area contributed by atoms with Gasteiger partial charge in [0.15, 0.2) is 0 Å². The summed E-state index contributed by atoms with van der Waals surface area (Å²) < 4.78 is 16.3. The zero-order valence-electron chi connectivity index (χ0n) is 16.3. The van der Waals surface area contributed by atoms with Gasteiger partial charge in [0.25, 0.3) is 0 Å². The quantitative estimate of drug-likeness (QED) is 0.498. The third kappa shape index (κ3) is 3.34. The molecule has 0 heterocycles. The van der Waals surface area contributed by atoms with Crippen LogP contribution in [0.25, 0.3) is 0 Å². The first-order valence-corrected chi connectivity index (χ1v) is 9.85. The summed E-state index contributed by atoms with van der Waals surface area (Å²) in [6.45, 7) is 4.18. The largest absolute Gasteiger partial charge is 0.239 e. The lowest BCUT2D eigenvalue weighted by Crippen LogP contribution is -2.21. The highest BCUT2D eigenvalue weighted by atomic mass is 19.1. The predicted molar refractivity (Wildman–Crippen MR) is 111 cm³/mol. The van der Waals surface area contributed by atoms with Crippen LogP contribution in [0.15, 0.2) is 72.8 Å². The topological polar surface area (TPSA) is 23.8 Å². The second-order valence-corrected chi connectivity index (χ2v) is 8.06. The van der Waals surface area contributed by atoms with Gasteiger partial charge in [0.2, 0.25) is 0 Å². The summed E-state index contributed by atoms with van der Waals surface area (Å²) in [5.74, 6) is 0.164. The maximum Gasteiger partial charge on any atom is 0.137 e. The number of aryl methyl sites for hydroxylation is 1. The van der Waals surface area contributed by atoms with E-state index in [2.05, 4.69) is 50.2 Å². The van der Waals surface area contributed by atoms with Gasteiger partial charge in [0, 0.05) is 5.92 Å². The van der Waals surface area contributed by atoms with Gasteiger partial charge in [0.05, 0.1) is 11.6 Å². The highest BCUT2D eigenvalue weighted by Crippen LogP contribution is 2.52. The molecule has 0 spiro atoms. The van der Waals surface area contributed by atoms with E-state index in [9.17, 15) is 0 Å². The fraction of sp³-hybridized carbons (Fsp3) is 0.269. The Hall–Kier alpha value is -2.92. The van der Waals surface area contributed by atoms with Crippen molar-refractivity contribution >= 4 is 0 Å². The monoisotopic (exact) mass is 369 g/mol. The third-order valence-electron chi connectivity index (χ3n) is 6.05. The molecule has 3 aromatic rings. The third-order valence-corrected chi connectivity index (χ3v) is 6.05. The van der Waals surface area contributed by atoms with Gasteiger partial charge in [-0.05, 0) is 60.1 Å². The second kappa shape index (κ2) is 7.24. The molecule has 0 saturated heterocycles. The van der Waals surface area contributed by atoms with Crippen molar-refractivity contribution in [3.8, 4) is 6.07 Å². The van der Waals surface area contributed by atoms with E-state index in [0.29, 0.717) is 18.4 Å². The van der Waals surface area contributed by atoms with Crippen LogP contribution in [-0.2, 0) is 5.67 Å². The first-order chi connectivity index (χ1) is 13.5. The Bertz CT molecular complexity index is 1010. The Kier molecular flexibility index (Phi) is 4.77. The van der Waals surface area contributed by atoms with E-state index in [1.165, 1.54) is 5.56 Å². The zero-order chi connectivity index (χ0) is 19.7. The van der Waals surface area contributed by atoms with Crippen LogP contribution in [0.4, 0.5) is 4.39 Å². The summed E-state index contributed by atoms with van der Waals surface area (Å²) >= 11 is 0. The highest BCUT2D eigenvalue weighted by molar-refractivity contribution is 5.43. The van der Waals surface area contributed by atoms with E-state index in [4.69, 9.17) is 5.26 Å². The Balaban J connectivity index is 1.76. The molecular weight excluding hydrogens is 345 g/mol. The molecule has 140 valence electrons. The molecule has 4 rings (SSSR count). The van der Waals surface area contributed by atoms with Crippen LogP contribution in [0.1, 0.15) is 65.0 Å². The van der Waals surface area contributed by atoms with Crippen molar-refractivity contribution < 1.29 is 4.39 Å². The standard InChI is InChI=1S/C26H24FN/c1-18-7-11-21(12-8-18)24(22-13-9-20(17-28)10-14-22)16-26(27)15-19(2)23-5-3-4-6-25(23)26/h3-14,19,24H,15-16H2,1-2H3. The van der Waals surface area contributed by atoms with Crippen molar-refractivity contribution in [2.24, 2.45) is 0 Å². The number of rotatable bonds is 4. The van der Waals surface area contributed by atoms with Crippen molar-refractivity contribution in [2.75, 3.05) is 0 Å². The van der Waals surface area contributed by atoms with Crippen molar-refractivity contribution in [1.82, 2.24) is 0 Å². The summed E-state index contributed by atoms with van der Waals surface area (Å²) in [6.07, 6.45) is 0.925. The molecule has 3 unspecified atom stereocenters. The lowest BCUT2D eigenvalue weighted by atomic mass is 9.79. The molecule has 0 amide bonds. The Labute approximate surface area is 166 Å². The second-order valence-electron chi connectivity index (χ2n) is 8.06. The summed E-state index contributed by atoms with van der Waals surface area (Å²) in [5.41, 5.74) is 4.61. The van der Waals surface area contributed by atoms with Gasteiger partial charge in [-0.15, -0.1) is 0 Å². The van der Waals surface area contributed by atoms with Gasteiger partial charge in [-0.3, -0.25) is 0 Å². The molecule has 0 aromatic heterocycles. The minimum Gasteiger partial charge on any atom is -0.239 e. The molecule has 28 heavy (non-hydrogen) atoms. The fourth-order valence-corrected chi connectivity index (χ4v) is 4.57. The molecule has 0 aliphatic heterocycles. The summed E-state index contributed by atoms with van der Waals surface area (Å²) in [6, 6.07) is 26.1. The van der Waals surface area contributed by atoms with Gasteiger partial charge < -0.3 is 0 Å². The maximum absolute atomic E-state index is 16.3. The Morgan fingerprint density at radius 2 is 1.61 bits per heavy atom. The zero-order valence-corrected chi connectivity index (χ0v) is 16.3. The summed E-state index contributed by atoms with van der Waals surface area (Å²) in [7, 11) is 0. The van der Waals surface area contributed by atoms with E-state index in [-0.39, 0.29) is 11.8 Å². The average Bonchev–Trinajstić information content (AvgIpc) is 2.98. The van der Waals surface area contributed by atoms with Gasteiger partial charge in [-0.25, -0.2) is 4.39 Å². The molecule has 0 N–H and O–H groups in total. The van der Waals surface area contributed by atoms with E-state index < -0.39 is 5.67 Å². The van der Waals surface area contributed by atoms with Crippen LogP contribution < -0.4 is 0 Å². The maximum atomic E-state index is 16.3. The molecule has 0 bridgehead atoms. The average molecular weight is 369 g/mol. The Morgan fingerprint density at radius 3 is 2.25 bits per heavy atom. The molecule has 0 saturated carbocycles.